The smallest absolute Gasteiger partial charge is 0.150 e. The number of para-hydroxylation sites is 1. The molecule has 0 saturated heterocycles. The molecule has 0 aromatic heterocycles. The highest BCUT2D eigenvalue weighted by Gasteiger charge is 2.12. The van der Waals surface area contributed by atoms with Crippen LogP contribution < -0.4 is 4.90 Å². The molecule has 88 valence electrons. The van der Waals surface area contributed by atoms with Crippen molar-refractivity contribution in [3.63, 3.8) is 0 Å². The molecule has 16 heavy (non-hydrogen) atoms. The molecule has 1 unspecified atom stereocenters. The van der Waals surface area contributed by atoms with E-state index in [0.29, 0.717) is 13.2 Å². The molecule has 0 spiro atoms. The number of aldehydes is 1. The van der Waals surface area contributed by atoms with Crippen LogP contribution in [0.4, 0.5) is 5.69 Å². The Labute approximate surface area is 97.0 Å². The molecule has 1 aromatic rings. The van der Waals surface area contributed by atoms with E-state index in [4.69, 9.17) is 4.74 Å². The summed E-state index contributed by atoms with van der Waals surface area (Å²) in [6.45, 7) is 6.01. The van der Waals surface area contributed by atoms with Gasteiger partial charge in [0, 0.05) is 18.8 Å². The molecular formula is C13H19NO2. The lowest BCUT2D eigenvalue weighted by Crippen LogP contribution is -2.34. The summed E-state index contributed by atoms with van der Waals surface area (Å²) in [7, 11) is 0. The maximum Gasteiger partial charge on any atom is 0.150 e. The molecule has 0 radical (unpaired) electrons. The molecule has 0 N–H and O–H groups in total. The standard InChI is InChI=1S/C13H19NO2/c1-3-14(10-13(11-15)16-4-2)12-8-6-5-7-9-12/h5-9,11,13H,3-4,10H2,1-2H3. The lowest BCUT2D eigenvalue weighted by molar-refractivity contribution is -0.117. The Kier molecular flexibility index (Phi) is 5.57. The minimum absolute atomic E-state index is 0.342. The molecule has 3 nitrogen and oxygen atoms in total. The minimum atomic E-state index is -0.342. The molecule has 0 amide bonds. The van der Waals surface area contributed by atoms with Gasteiger partial charge in [-0.1, -0.05) is 18.2 Å². The molecule has 0 aliphatic rings. The maximum atomic E-state index is 10.8. The highest BCUT2D eigenvalue weighted by molar-refractivity contribution is 5.58. The topological polar surface area (TPSA) is 29.5 Å². The normalized spacial score (nSPS) is 12.1. The van der Waals surface area contributed by atoms with Crippen molar-refractivity contribution in [1.82, 2.24) is 0 Å². The van der Waals surface area contributed by atoms with Gasteiger partial charge in [-0.05, 0) is 26.0 Å². The first-order valence-corrected chi connectivity index (χ1v) is 5.68. The number of hydrogen-bond acceptors (Lipinski definition) is 3. The Hall–Kier alpha value is -1.35. The van der Waals surface area contributed by atoms with Crippen LogP contribution in [0.2, 0.25) is 0 Å². The van der Waals surface area contributed by atoms with Crippen LogP contribution in [0.25, 0.3) is 0 Å². The van der Waals surface area contributed by atoms with Gasteiger partial charge in [0.15, 0.2) is 6.29 Å². The Morgan fingerprint density at radius 1 is 1.31 bits per heavy atom. The van der Waals surface area contributed by atoms with E-state index in [9.17, 15) is 4.79 Å². The van der Waals surface area contributed by atoms with Crippen LogP contribution in [-0.4, -0.2) is 32.1 Å². The molecule has 1 aromatic carbocycles. The summed E-state index contributed by atoms with van der Waals surface area (Å²) < 4.78 is 5.34. The molecule has 1 atom stereocenters. The zero-order valence-corrected chi connectivity index (χ0v) is 9.93. The molecular weight excluding hydrogens is 202 g/mol. The summed E-state index contributed by atoms with van der Waals surface area (Å²) in [5.41, 5.74) is 1.12. The van der Waals surface area contributed by atoms with Crippen molar-refractivity contribution in [2.75, 3.05) is 24.6 Å². The lowest BCUT2D eigenvalue weighted by Gasteiger charge is -2.25. The number of hydrogen-bond donors (Lipinski definition) is 0. The number of nitrogens with zero attached hydrogens (tertiary/aromatic N) is 1. The van der Waals surface area contributed by atoms with Gasteiger partial charge in [-0.25, -0.2) is 0 Å². The number of carbonyl (C=O) groups is 1. The van der Waals surface area contributed by atoms with E-state index in [0.717, 1.165) is 18.5 Å². The second-order valence-corrected chi connectivity index (χ2v) is 3.50. The van der Waals surface area contributed by atoms with Crippen LogP contribution in [0.3, 0.4) is 0 Å². The highest BCUT2D eigenvalue weighted by atomic mass is 16.5. The highest BCUT2D eigenvalue weighted by Crippen LogP contribution is 2.13. The minimum Gasteiger partial charge on any atom is -0.369 e. The van der Waals surface area contributed by atoms with Gasteiger partial charge in [0.2, 0.25) is 0 Å². The van der Waals surface area contributed by atoms with Crippen molar-refractivity contribution in [1.29, 1.82) is 0 Å². The van der Waals surface area contributed by atoms with Crippen LogP contribution >= 0.6 is 0 Å². The quantitative estimate of drug-likeness (QED) is 0.660. The fraction of sp³-hybridized carbons (Fsp3) is 0.462. The summed E-state index contributed by atoms with van der Waals surface area (Å²) in [6, 6.07) is 10.1. The van der Waals surface area contributed by atoms with Crippen LogP contribution in [0, 0.1) is 0 Å². The average Bonchev–Trinajstić information content (AvgIpc) is 2.35. The second kappa shape index (κ2) is 7.01. The van der Waals surface area contributed by atoms with Gasteiger partial charge in [-0.15, -0.1) is 0 Å². The van der Waals surface area contributed by atoms with Crippen molar-refractivity contribution >= 4 is 12.0 Å². The lowest BCUT2D eigenvalue weighted by atomic mass is 10.2. The predicted octanol–water partition coefficient (Wildman–Crippen LogP) is 2.12. The van der Waals surface area contributed by atoms with Crippen molar-refractivity contribution in [2.45, 2.75) is 20.0 Å². The van der Waals surface area contributed by atoms with E-state index in [-0.39, 0.29) is 6.10 Å². The number of carbonyl (C=O) groups excluding carboxylic acids is 1. The van der Waals surface area contributed by atoms with Crippen LogP contribution in [0.1, 0.15) is 13.8 Å². The molecule has 0 aliphatic carbocycles. The third kappa shape index (κ3) is 3.66. The maximum absolute atomic E-state index is 10.8. The molecule has 0 saturated carbocycles. The summed E-state index contributed by atoms with van der Waals surface area (Å²) in [4.78, 5) is 13.0. The Bertz CT molecular complexity index is 300. The van der Waals surface area contributed by atoms with E-state index in [2.05, 4.69) is 11.8 Å². The number of ether oxygens (including phenoxy) is 1. The van der Waals surface area contributed by atoms with E-state index in [1.54, 1.807) is 0 Å². The summed E-state index contributed by atoms with van der Waals surface area (Å²) in [5.74, 6) is 0. The van der Waals surface area contributed by atoms with Crippen molar-refractivity contribution in [3.05, 3.63) is 30.3 Å². The van der Waals surface area contributed by atoms with Crippen molar-refractivity contribution < 1.29 is 9.53 Å². The van der Waals surface area contributed by atoms with E-state index < -0.39 is 0 Å². The zero-order chi connectivity index (χ0) is 11.8. The first kappa shape index (κ1) is 12.7. The fourth-order valence-electron chi connectivity index (χ4n) is 1.62. The first-order valence-electron chi connectivity index (χ1n) is 5.68. The van der Waals surface area contributed by atoms with Gasteiger partial charge in [0.1, 0.15) is 6.10 Å². The monoisotopic (exact) mass is 221 g/mol. The molecule has 0 heterocycles. The molecule has 0 bridgehead atoms. The summed E-state index contributed by atoms with van der Waals surface area (Å²) in [6.07, 6.45) is 0.528. The first-order chi connectivity index (χ1) is 7.81. The zero-order valence-electron chi connectivity index (χ0n) is 9.93. The van der Waals surface area contributed by atoms with Gasteiger partial charge >= 0.3 is 0 Å². The third-order valence-corrected chi connectivity index (χ3v) is 2.44. The number of likely N-dealkylation sites (N-methyl/N-ethyl adjacent to an activating group) is 1. The SMILES string of the molecule is CCOC(C=O)CN(CC)c1ccccc1. The van der Waals surface area contributed by atoms with E-state index in [1.807, 2.05) is 37.3 Å². The van der Waals surface area contributed by atoms with Crippen LogP contribution in [0.5, 0.6) is 0 Å². The summed E-state index contributed by atoms with van der Waals surface area (Å²) >= 11 is 0. The Morgan fingerprint density at radius 2 is 2.00 bits per heavy atom. The molecule has 3 heteroatoms. The predicted molar refractivity (Wildman–Crippen MR) is 65.8 cm³/mol. The summed E-state index contributed by atoms with van der Waals surface area (Å²) in [5, 5.41) is 0. The van der Waals surface area contributed by atoms with Crippen LogP contribution in [0.15, 0.2) is 30.3 Å². The fourth-order valence-corrected chi connectivity index (χ4v) is 1.62. The molecule has 0 aliphatic heterocycles. The Morgan fingerprint density at radius 3 is 2.50 bits per heavy atom. The van der Waals surface area contributed by atoms with Crippen molar-refractivity contribution in [2.24, 2.45) is 0 Å². The second-order valence-electron chi connectivity index (χ2n) is 3.50. The van der Waals surface area contributed by atoms with E-state index >= 15 is 0 Å². The largest absolute Gasteiger partial charge is 0.369 e. The van der Waals surface area contributed by atoms with Gasteiger partial charge in [-0.3, -0.25) is 0 Å². The van der Waals surface area contributed by atoms with Gasteiger partial charge in [0.05, 0.1) is 6.54 Å². The third-order valence-electron chi connectivity index (χ3n) is 2.44. The molecule has 1 rings (SSSR count). The van der Waals surface area contributed by atoms with Gasteiger partial charge in [-0.2, -0.15) is 0 Å². The van der Waals surface area contributed by atoms with Crippen molar-refractivity contribution in [3.8, 4) is 0 Å². The van der Waals surface area contributed by atoms with Gasteiger partial charge < -0.3 is 14.4 Å². The van der Waals surface area contributed by atoms with Gasteiger partial charge in [0.25, 0.3) is 0 Å². The number of rotatable bonds is 7. The average molecular weight is 221 g/mol. The Balaban J connectivity index is 2.64. The van der Waals surface area contributed by atoms with E-state index in [1.165, 1.54) is 0 Å². The van der Waals surface area contributed by atoms with Crippen LogP contribution in [-0.2, 0) is 9.53 Å². The number of benzene rings is 1. The number of anilines is 1. The molecule has 0 fully saturated rings.